The van der Waals surface area contributed by atoms with Gasteiger partial charge in [0.2, 0.25) is 5.95 Å². The first-order valence-electron chi connectivity index (χ1n) is 8.16. The van der Waals surface area contributed by atoms with Crippen molar-refractivity contribution in [2.75, 3.05) is 30.0 Å². The summed E-state index contributed by atoms with van der Waals surface area (Å²) in [6.07, 6.45) is 4.42. The first kappa shape index (κ1) is 16.6. The van der Waals surface area contributed by atoms with E-state index in [1.165, 1.54) is 10.8 Å². The molecular weight excluding hydrogens is 349 g/mol. The van der Waals surface area contributed by atoms with Crippen molar-refractivity contribution in [2.24, 2.45) is 0 Å². The van der Waals surface area contributed by atoms with Gasteiger partial charge in [0.15, 0.2) is 5.65 Å². The van der Waals surface area contributed by atoms with Crippen molar-refractivity contribution in [1.29, 1.82) is 0 Å². The van der Waals surface area contributed by atoms with E-state index in [1.54, 1.807) is 24.2 Å². The van der Waals surface area contributed by atoms with Crippen LogP contribution in [0.5, 0.6) is 0 Å². The monoisotopic (exact) mass is 366 g/mol. The van der Waals surface area contributed by atoms with Crippen molar-refractivity contribution in [3.63, 3.8) is 0 Å². The number of hydrogen-bond donors (Lipinski definition) is 2. The molecule has 11 heteroatoms. The summed E-state index contributed by atoms with van der Waals surface area (Å²) in [6.45, 7) is 0.827. The van der Waals surface area contributed by atoms with Crippen molar-refractivity contribution in [3.8, 4) is 11.3 Å². The van der Waals surface area contributed by atoms with Gasteiger partial charge in [-0.2, -0.15) is 14.6 Å². The van der Waals surface area contributed by atoms with Crippen LogP contribution in [0.3, 0.4) is 0 Å². The van der Waals surface area contributed by atoms with Crippen LogP contribution < -0.4 is 10.2 Å². The third-order valence-corrected chi connectivity index (χ3v) is 4.23. The van der Waals surface area contributed by atoms with E-state index >= 15 is 0 Å². The van der Waals surface area contributed by atoms with Crippen LogP contribution in [0, 0.1) is 0 Å². The van der Waals surface area contributed by atoms with Crippen molar-refractivity contribution in [3.05, 3.63) is 18.7 Å². The second-order valence-electron chi connectivity index (χ2n) is 6.36. The number of alkyl halides is 3. The Balaban J connectivity index is 1.84. The van der Waals surface area contributed by atoms with Crippen molar-refractivity contribution >= 4 is 17.3 Å². The summed E-state index contributed by atoms with van der Waals surface area (Å²) in [5.74, 6) is -2.56. The number of halogens is 3. The topological polar surface area (TPSA) is 87.0 Å². The normalized spacial score (nSPS) is 17.8. The van der Waals surface area contributed by atoms with Crippen LogP contribution in [0.4, 0.5) is 24.8 Å². The van der Waals surface area contributed by atoms with E-state index in [2.05, 4.69) is 30.6 Å². The molecule has 1 aliphatic rings. The highest BCUT2D eigenvalue weighted by molar-refractivity contribution is 5.85. The maximum absolute atomic E-state index is 13.8. The standard InChI is InChI=1S/C15H17F3N8/c1-9(4-16)22-14-23-13-12(25-3-2-15(17,18)7-25)11(10-5-20-21-6-10)19-8-26(13)24-14/h5-6,8-9H,2-4,7H2,1H3,(H,20,21)(H,22,24)/t9-/m0/s1. The number of anilines is 2. The molecule has 0 spiro atoms. The Morgan fingerprint density at radius 2 is 2.27 bits per heavy atom. The Kier molecular flexibility index (Phi) is 3.93. The molecule has 3 aromatic heterocycles. The lowest BCUT2D eigenvalue weighted by Crippen LogP contribution is -2.26. The zero-order chi connectivity index (χ0) is 18.3. The van der Waals surface area contributed by atoms with E-state index in [9.17, 15) is 13.2 Å². The molecule has 0 unspecified atom stereocenters. The zero-order valence-electron chi connectivity index (χ0n) is 14.0. The molecule has 0 aromatic carbocycles. The smallest absolute Gasteiger partial charge is 0.266 e. The van der Waals surface area contributed by atoms with Gasteiger partial charge in [-0.25, -0.2) is 18.2 Å². The molecule has 138 valence electrons. The van der Waals surface area contributed by atoms with Crippen molar-refractivity contribution < 1.29 is 13.2 Å². The number of aromatic amines is 1. The molecule has 8 nitrogen and oxygen atoms in total. The number of nitrogens with one attached hydrogen (secondary N) is 2. The molecule has 1 fully saturated rings. The van der Waals surface area contributed by atoms with Gasteiger partial charge < -0.3 is 10.2 Å². The lowest BCUT2D eigenvalue weighted by Gasteiger charge is -2.20. The molecule has 1 saturated heterocycles. The van der Waals surface area contributed by atoms with Gasteiger partial charge in [-0.05, 0) is 6.92 Å². The minimum atomic E-state index is -2.77. The van der Waals surface area contributed by atoms with Crippen LogP contribution in [0.15, 0.2) is 18.7 Å². The molecule has 1 aliphatic heterocycles. The van der Waals surface area contributed by atoms with Gasteiger partial charge >= 0.3 is 0 Å². The lowest BCUT2D eigenvalue weighted by atomic mass is 10.2. The Morgan fingerprint density at radius 1 is 1.42 bits per heavy atom. The van der Waals surface area contributed by atoms with Crippen LogP contribution in [0.2, 0.25) is 0 Å². The van der Waals surface area contributed by atoms with E-state index in [4.69, 9.17) is 0 Å². The summed E-state index contributed by atoms with van der Waals surface area (Å²) >= 11 is 0. The maximum Gasteiger partial charge on any atom is 0.266 e. The Bertz CT molecular complexity index is 907. The third kappa shape index (κ3) is 2.93. The fraction of sp³-hybridized carbons (Fsp3) is 0.467. The van der Waals surface area contributed by atoms with Crippen molar-refractivity contribution in [1.82, 2.24) is 29.8 Å². The van der Waals surface area contributed by atoms with Gasteiger partial charge in [0.25, 0.3) is 5.92 Å². The molecule has 0 aliphatic carbocycles. The molecule has 0 radical (unpaired) electrons. The summed E-state index contributed by atoms with van der Waals surface area (Å²) in [5.41, 5.74) is 1.98. The molecule has 26 heavy (non-hydrogen) atoms. The van der Waals surface area contributed by atoms with Gasteiger partial charge in [-0.1, -0.05) is 0 Å². The Labute approximate surface area is 146 Å². The number of aromatic nitrogens is 6. The van der Waals surface area contributed by atoms with Crippen molar-refractivity contribution in [2.45, 2.75) is 25.3 Å². The Morgan fingerprint density at radius 3 is 2.92 bits per heavy atom. The van der Waals surface area contributed by atoms with Crippen LogP contribution in [-0.4, -0.2) is 61.5 Å². The molecule has 4 rings (SSSR count). The van der Waals surface area contributed by atoms with Gasteiger partial charge in [-0.15, -0.1) is 5.10 Å². The zero-order valence-corrected chi connectivity index (χ0v) is 14.0. The average Bonchev–Trinajstić information content (AvgIpc) is 3.32. The fourth-order valence-electron chi connectivity index (χ4n) is 2.97. The summed E-state index contributed by atoms with van der Waals surface area (Å²) in [6, 6.07) is -0.465. The van der Waals surface area contributed by atoms with E-state index in [1.807, 2.05) is 0 Å². The first-order valence-corrected chi connectivity index (χ1v) is 8.16. The molecule has 0 bridgehead atoms. The number of H-pyrrole nitrogens is 1. The predicted molar refractivity (Wildman–Crippen MR) is 89.2 cm³/mol. The fourth-order valence-corrected chi connectivity index (χ4v) is 2.97. The highest BCUT2D eigenvalue weighted by Crippen LogP contribution is 2.37. The van der Waals surface area contributed by atoms with E-state index < -0.39 is 25.2 Å². The van der Waals surface area contributed by atoms with Crippen LogP contribution >= 0.6 is 0 Å². The molecule has 1 atom stereocenters. The largest absolute Gasteiger partial charge is 0.360 e. The minimum Gasteiger partial charge on any atom is -0.360 e. The van der Waals surface area contributed by atoms with Gasteiger partial charge in [0.05, 0.1) is 18.8 Å². The SMILES string of the molecule is C[C@@H](CF)Nc1nc2c(N3CCC(F)(F)C3)c(-c3cn[nH]c3)ncn2n1. The highest BCUT2D eigenvalue weighted by atomic mass is 19.3. The lowest BCUT2D eigenvalue weighted by molar-refractivity contribution is 0.0257. The predicted octanol–water partition coefficient (Wildman–Crippen LogP) is 2.13. The van der Waals surface area contributed by atoms with Crippen LogP contribution in [0.1, 0.15) is 13.3 Å². The number of hydrogen-bond acceptors (Lipinski definition) is 6. The Hall–Kier alpha value is -2.85. The van der Waals surface area contributed by atoms with E-state index in [0.717, 1.165) is 0 Å². The quantitative estimate of drug-likeness (QED) is 0.719. The first-order chi connectivity index (χ1) is 12.5. The highest BCUT2D eigenvalue weighted by Gasteiger charge is 2.40. The number of fused-ring (bicyclic) bond motifs is 1. The number of rotatable bonds is 5. The average molecular weight is 366 g/mol. The number of nitrogens with zero attached hydrogens (tertiary/aromatic N) is 6. The molecule has 0 saturated carbocycles. The summed E-state index contributed by atoms with van der Waals surface area (Å²) in [4.78, 5) is 10.3. The summed E-state index contributed by atoms with van der Waals surface area (Å²) in [5, 5.41) is 13.7. The van der Waals surface area contributed by atoms with Gasteiger partial charge in [0.1, 0.15) is 24.4 Å². The second-order valence-corrected chi connectivity index (χ2v) is 6.36. The van der Waals surface area contributed by atoms with Crippen LogP contribution in [0.25, 0.3) is 16.9 Å². The molecule has 0 amide bonds. The summed E-state index contributed by atoms with van der Waals surface area (Å²) in [7, 11) is 0. The molecule has 3 aromatic rings. The maximum atomic E-state index is 13.8. The molecule has 2 N–H and O–H groups in total. The summed E-state index contributed by atoms with van der Waals surface area (Å²) < 4.78 is 41.8. The van der Waals surface area contributed by atoms with Gasteiger partial charge in [0, 0.05) is 24.7 Å². The van der Waals surface area contributed by atoms with E-state index in [0.29, 0.717) is 22.6 Å². The van der Waals surface area contributed by atoms with Gasteiger partial charge in [-0.3, -0.25) is 5.10 Å². The third-order valence-electron chi connectivity index (χ3n) is 4.23. The van der Waals surface area contributed by atoms with Crippen LogP contribution in [-0.2, 0) is 0 Å². The van der Waals surface area contributed by atoms with E-state index in [-0.39, 0.29) is 18.9 Å². The molecular formula is C15H17F3N8. The second kappa shape index (κ2) is 6.15. The minimum absolute atomic E-state index is 0.176. The molecule has 4 heterocycles.